The van der Waals surface area contributed by atoms with Crippen molar-refractivity contribution in [3.8, 4) is 0 Å². The SMILES string of the molecule is Nc1nonc1C(=Nc1cc(Cl)ccc1Cl)NO. The molecule has 1 aromatic carbocycles. The van der Waals surface area contributed by atoms with Crippen LogP contribution in [0.1, 0.15) is 5.69 Å². The molecular formula is C9H7Cl2N5O2. The molecule has 0 atom stereocenters. The van der Waals surface area contributed by atoms with Crippen LogP contribution in [0.3, 0.4) is 0 Å². The van der Waals surface area contributed by atoms with Crippen LogP contribution in [-0.4, -0.2) is 21.4 Å². The molecule has 0 bridgehead atoms. The second-order valence-corrected chi connectivity index (χ2v) is 4.01. The number of nitrogens with two attached hydrogens (primary N) is 1. The zero-order chi connectivity index (χ0) is 13.1. The molecule has 0 aliphatic heterocycles. The summed E-state index contributed by atoms with van der Waals surface area (Å²) in [5, 5.41) is 16.7. The van der Waals surface area contributed by atoms with Gasteiger partial charge in [0, 0.05) is 5.02 Å². The van der Waals surface area contributed by atoms with Gasteiger partial charge in [0.15, 0.2) is 17.3 Å². The molecule has 0 aliphatic rings. The summed E-state index contributed by atoms with van der Waals surface area (Å²) in [6, 6.07) is 4.70. The third-order valence-electron chi connectivity index (χ3n) is 1.98. The summed E-state index contributed by atoms with van der Waals surface area (Å²) < 4.78 is 4.40. The molecule has 94 valence electrons. The first-order valence-corrected chi connectivity index (χ1v) is 5.39. The number of anilines is 1. The van der Waals surface area contributed by atoms with Crippen molar-refractivity contribution in [2.75, 3.05) is 5.73 Å². The molecule has 0 amide bonds. The molecular weight excluding hydrogens is 281 g/mol. The monoisotopic (exact) mass is 287 g/mol. The van der Waals surface area contributed by atoms with Crippen molar-refractivity contribution < 1.29 is 9.84 Å². The molecule has 0 unspecified atom stereocenters. The smallest absolute Gasteiger partial charge is 0.199 e. The van der Waals surface area contributed by atoms with E-state index < -0.39 is 0 Å². The Morgan fingerprint density at radius 1 is 1.39 bits per heavy atom. The van der Waals surface area contributed by atoms with Crippen LogP contribution >= 0.6 is 23.2 Å². The van der Waals surface area contributed by atoms with Gasteiger partial charge < -0.3 is 5.73 Å². The summed E-state index contributed by atoms with van der Waals surface area (Å²) in [7, 11) is 0. The van der Waals surface area contributed by atoms with E-state index in [2.05, 4.69) is 19.9 Å². The number of hydrogen-bond acceptors (Lipinski definition) is 6. The van der Waals surface area contributed by atoms with E-state index >= 15 is 0 Å². The maximum atomic E-state index is 9.02. The van der Waals surface area contributed by atoms with Crippen LogP contribution in [0.2, 0.25) is 10.0 Å². The van der Waals surface area contributed by atoms with Crippen LogP contribution in [0, 0.1) is 0 Å². The van der Waals surface area contributed by atoms with Crippen LogP contribution in [0.25, 0.3) is 0 Å². The Labute approximate surface area is 111 Å². The molecule has 0 aliphatic carbocycles. The second kappa shape index (κ2) is 5.21. The van der Waals surface area contributed by atoms with Gasteiger partial charge in [-0.15, -0.1) is 0 Å². The summed E-state index contributed by atoms with van der Waals surface area (Å²) >= 11 is 11.8. The van der Waals surface area contributed by atoms with Crippen molar-refractivity contribution >= 4 is 40.5 Å². The van der Waals surface area contributed by atoms with Gasteiger partial charge in [-0.2, -0.15) is 0 Å². The lowest BCUT2D eigenvalue weighted by Gasteiger charge is -2.03. The molecule has 2 rings (SSSR count). The van der Waals surface area contributed by atoms with E-state index in [9.17, 15) is 0 Å². The lowest BCUT2D eigenvalue weighted by atomic mass is 10.3. The lowest BCUT2D eigenvalue weighted by Crippen LogP contribution is -2.21. The van der Waals surface area contributed by atoms with Gasteiger partial charge in [-0.25, -0.2) is 9.62 Å². The topological polar surface area (TPSA) is 110 Å². The normalized spacial score (nSPS) is 11.6. The predicted molar refractivity (Wildman–Crippen MR) is 66.3 cm³/mol. The van der Waals surface area contributed by atoms with Gasteiger partial charge in [0.2, 0.25) is 0 Å². The summed E-state index contributed by atoms with van der Waals surface area (Å²) in [5.41, 5.74) is 7.73. The number of nitrogen functional groups attached to an aromatic ring is 1. The van der Waals surface area contributed by atoms with Gasteiger partial charge in [-0.1, -0.05) is 23.2 Å². The van der Waals surface area contributed by atoms with Crippen LogP contribution < -0.4 is 11.2 Å². The summed E-state index contributed by atoms with van der Waals surface area (Å²) in [6.45, 7) is 0. The highest BCUT2D eigenvalue weighted by atomic mass is 35.5. The van der Waals surface area contributed by atoms with Crippen molar-refractivity contribution in [2.24, 2.45) is 4.99 Å². The number of hydroxylamine groups is 1. The van der Waals surface area contributed by atoms with E-state index in [1.807, 2.05) is 5.48 Å². The maximum Gasteiger partial charge on any atom is 0.199 e. The minimum absolute atomic E-state index is 0.0200. The first-order chi connectivity index (χ1) is 8.61. The van der Waals surface area contributed by atoms with Crippen LogP contribution in [-0.2, 0) is 0 Å². The van der Waals surface area contributed by atoms with Crippen molar-refractivity contribution in [1.82, 2.24) is 15.8 Å². The van der Waals surface area contributed by atoms with Gasteiger partial charge in [0.05, 0.1) is 10.7 Å². The number of benzene rings is 1. The highest BCUT2D eigenvalue weighted by molar-refractivity contribution is 6.35. The fourth-order valence-corrected chi connectivity index (χ4v) is 1.51. The van der Waals surface area contributed by atoms with E-state index in [0.29, 0.717) is 15.7 Å². The highest BCUT2D eigenvalue weighted by Crippen LogP contribution is 2.28. The molecule has 1 heterocycles. The van der Waals surface area contributed by atoms with Gasteiger partial charge >= 0.3 is 0 Å². The molecule has 1 aromatic heterocycles. The maximum absolute atomic E-state index is 9.02. The fraction of sp³-hybridized carbons (Fsp3) is 0. The Bertz CT molecular complexity index is 598. The van der Waals surface area contributed by atoms with E-state index in [4.69, 9.17) is 34.1 Å². The van der Waals surface area contributed by atoms with E-state index in [1.165, 1.54) is 6.07 Å². The number of rotatable bonds is 2. The summed E-state index contributed by atoms with van der Waals surface area (Å²) in [4.78, 5) is 4.04. The summed E-state index contributed by atoms with van der Waals surface area (Å²) in [5.74, 6) is -0.0774. The predicted octanol–water partition coefficient (Wildman–Crippen LogP) is 2.02. The largest absolute Gasteiger partial charge is 0.379 e. The molecule has 0 radical (unpaired) electrons. The number of nitrogens with one attached hydrogen (secondary N) is 1. The Balaban J connectivity index is 2.47. The van der Waals surface area contributed by atoms with Crippen LogP contribution in [0.4, 0.5) is 11.5 Å². The minimum atomic E-state index is -0.0575. The third kappa shape index (κ3) is 2.53. The van der Waals surface area contributed by atoms with Gasteiger partial charge in [0.25, 0.3) is 0 Å². The zero-order valence-corrected chi connectivity index (χ0v) is 10.3. The number of amidine groups is 1. The fourth-order valence-electron chi connectivity index (χ4n) is 1.18. The van der Waals surface area contributed by atoms with Gasteiger partial charge in [-0.05, 0) is 28.5 Å². The van der Waals surface area contributed by atoms with Crippen molar-refractivity contribution in [2.45, 2.75) is 0 Å². The van der Waals surface area contributed by atoms with Crippen LogP contribution in [0.5, 0.6) is 0 Å². The van der Waals surface area contributed by atoms with E-state index in [1.54, 1.807) is 12.1 Å². The third-order valence-corrected chi connectivity index (χ3v) is 2.54. The van der Waals surface area contributed by atoms with Crippen molar-refractivity contribution in [1.29, 1.82) is 0 Å². The van der Waals surface area contributed by atoms with Gasteiger partial charge in [0.1, 0.15) is 0 Å². The quantitative estimate of drug-likeness (QED) is 0.443. The molecule has 18 heavy (non-hydrogen) atoms. The molecule has 9 heteroatoms. The average molecular weight is 288 g/mol. The Morgan fingerprint density at radius 3 is 2.78 bits per heavy atom. The van der Waals surface area contributed by atoms with E-state index in [0.717, 1.165) is 0 Å². The van der Waals surface area contributed by atoms with Crippen molar-refractivity contribution in [3.05, 3.63) is 33.9 Å². The molecule has 4 N–H and O–H groups in total. The number of aliphatic imine (C=N–C) groups is 1. The number of nitrogens with zero attached hydrogens (tertiary/aromatic N) is 3. The van der Waals surface area contributed by atoms with Crippen LogP contribution in [0.15, 0.2) is 27.8 Å². The Hall–Kier alpha value is -1.83. The first-order valence-electron chi connectivity index (χ1n) is 4.64. The molecule has 2 aromatic rings. The van der Waals surface area contributed by atoms with Crippen molar-refractivity contribution in [3.63, 3.8) is 0 Å². The molecule has 0 saturated heterocycles. The lowest BCUT2D eigenvalue weighted by molar-refractivity contribution is 0.234. The standard InChI is InChI=1S/C9H7Cl2N5O2/c10-4-1-2-5(11)6(3-4)13-9(14-17)7-8(12)16-18-15-7/h1-3,17H,(H2,12,16)(H,13,14). The molecule has 0 saturated carbocycles. The summed E-state index contributed by atoms with van der Waals surface area (Å²) in [6.07, 6.45) is 0. The average Bonchev–Trinajstić information content (AvgIpc) is 2.77. The number of halogens is 2. The molecule has 0 fully saturated rings. The second-order valence-electron chi connectivity index (χ2n) is 3.17. The number of aromatic nitrogens is 2. The van der Waals surface area contributed by atoms with E-state index in [-0.39, 0.29) is 17.3 Å². The zero-order valence-electron chi connectivity index (χ0n) is 8.76. The minimum Gasteiger partial charge on any atom is -0.379 e. The van der Waals surface area contributed by atoms with Gasteiger partial charge in [-0.3, -0.25) is 10.7 Å². The Morgan fingerprint density at radius 2 is 2.17 bits per heavy atom. The first kappa shape index (κ1) is 12.6. The Kier molecular flexibility index (Phi) is 3.66. The number of hydrogen-bond donors (Lipinski definition) is 3. The molecule has 0 spiro atoms. The molecule has 7 nitrogen and oxygen atoms in total. The highest BCUT2D eigenvalue weighted by Gasteiger charge is 2.14.